The fourth-order valence-corrected chi connectivity index (χ4v) is 2.59. The number of hydrogen-bond donors (Lipinski definition) is 3. The molecule has 0 aliphatic carbocycles. The number of hydrogen-bond acceptors (Lipinski definition) is 8. The van der Waals surface area contributed by atoms with Crippen LogP contribution >= 0.6 is 0 Å². The minimum Gasteiger partial charge on any atom is -0.494 e. The highest BCUT2D eigenvalue weighted by Gasteiger charge is 2.16. The summed E-state index contributed by atoms with van der Waals surface area (Å²) in [6, 6.07) is 10.2. The van der Waals surface area contributed by atoms with Crippen molar-refractivity contribution in [1.29, 1.82) is 5.26 Å². The third-order valence-electron chi connectivity index (χ3n) is 3.54. The number of amides is 1. The molecular formula is C17H14N4O7S. The molecule has 0 radical (unpaired) electrons. The van der Waals surface area contributed by atoms with Gasteiger partial charge >= 0.3 is 0 Å². The number of non-ortho nitro benzene ring substituents is 1. The van der Waals surface area contributed by atoms with Crippen molar-refractivity contribution in [2.24, 2.45) is 0 Å². The van der Waals surface area contributed by atoms with Crippen LogP contribution in [0.5, 0.6) is 5.75 Å². The minimum absolute atomic E-state index is 0.0404. The molecule has 150 valence electrons. The van der Waals surface area contributed by atoms with Crippen molar-refractivity contribution < 1.29 is 27.4 Å². The number of benzene rings is 2. The summed E-state index contributed by atoms with van der Waals surface area (Å²) in [5.41, 5.74) is -0.0808. The van der Waals surface area contributed by atoms with Crippen LogP contribution in [0, 0.1) is 21.4 Å². The van der Waals surface area contributed by atoms with E-state index in [1.165, 1.54) is 31.4 Å². The van der Waals surface area contributed by atoms with E-state index in [4.69, 9.17) is 9.29 Å². The SMILES string of the molecule is COc1cc([N+](=O)[O-])ccc1NC(=O)/C(C#N)=C\Nc1ccc(S(=O)(=O)O)cc1. The first-order chi connectivity index (χ1) is 13.7. The second kappa shape index (κ2) is 8.83. The Balaban J connectivity index is 2.16. The molecule has 0 saturated carbocycles. The molecule has 0 aliphatic heterocycles. The van der Waals surface area contributed by atoms with E-state index >= 15 is 0 Å². The lowest BCUT2D eigenvalue weighted by Gasteiger charge is -2.09. The van der Waals surface area contributed by atoms with Crippen molar-refractivity contribution in [3.05, 3.63) is 64.4 Å². The van der Waals surface area contributed by atoms with Crippen LogP contribution in [0.1, 0.15) is 0 Å². The van der Waals surface area contributed by atoms with E-state index in [1.54, 1.807) is 6.07 Å². The maximum absolute atomic E-state index is 12.3. The molecule has 0 atom stereocenters. The first-order valence-electron chi connectivity index (χ1n) is 7.74. The Labute approximate surface area is 165 Å². The quantitative estimate of drug-likeness (QED) is 0.200. The van der Waals surface area contributed by atoms with E-state index in [2.05, 4.69) is 10.6 Å². The van der Waals surface area contributed by atoms with E-state index in [-0.39, 0.29) is 27.6 Å². The highest BCUT2D eigenvalue weighted by atomic mass is 32.2. The van der Waals surface area contributed by atoms with Gasteiger partial charge in [0.15, 0.2) is 0 Å². The Morgan fingerprint density at radius 2 is 1.93 bits per heavy atom. The van der Waals surface area contributed by atoms with Gasteiger partial charge in [0.25, 0.3) is 21.7 Å². The van der Waals surface area contributed by atoms with Crippen LogP contribution in [-0.4, -0.2) is 30.9 Å². The molecule has 0 heterocycles. The maximum atomic E-state index is 12.3. The normalized spacial score (nSPS) is 11.3. The van der Waals surface area contributed by atoms with Gasteiger partial charge in [0.2, 0.25) is 0 Å². The predicted molar refractivity (Wildman–Crippen MR) is 102 cm³/mol. The summed E-state index contributed by atoms with van der Waals surface area (Å²) in [6.07, 6.45) is 1.09. The van der Waals surface area contributed by atoms with Gasteiger partial charge in [-0.3, -0.25) is 19.5 Å². The fourth-order valence-electron chi connectivity index (χ4n) is 2.11. The average Bonchev–Trinajstić information content (AvgIpc) is 2.68. The van der Waals surface area contributed by atoms with Crippen LogP contribution in [0.4, 0.5) is 17.1 Å². The molecule has 0 fully saturated rings. The molecule has 11 nitrogen and oxygen atoms in total. The number of carbonyl (C=O) groups is 1. The van der Waals surface area contributed by atoms with Gasteiger partial charge in [-0.15, -0.1) is 0 Å². The molecule has 0 spiro atoms. The van der Waals surface area contributed by atoms with Gasteiger partial charge in [0, 0.05) is 18.0 Å². The van der Waals surface area contributed by atoms with E-state index in [1.807, 2.05) is 0 Å². The zero-order valence-electron chi connectivity index (χ0n) is 14.8. The van der Waals surface area contributed by atoms with Crippen molar-refractivity contribution in [3.63, 3.8) is 0 Å². The summed E-state index contributed by atoms with van der Waals surface area (Å²) >= 11 is 0. The van der Waals surface area contributed by atoms with E-state index in [0.717, 1.165) is 24.4 Å². The molecule has 3 N–H and O–H groups in total. The summed E-state index contributed by atoms with van der Waals surface area (Å²) in [7, 11) is -3.06. The van der Waals surface area contributed by atoms with Crippen molar-refractivity contribution in [1.82, 2.24) is 0 Å². The van der Waals surface area contributed by atoms with Gasteiger partial charge in [-0.1, -0.05) is 0 Å². The minimum atomic E-state index is -4.33. The number of nitro benzene ring substituents is 1. The molecule has 2 aromatic rings. The highest BCUT2D eigenvalue weighted by Crippen LogP contribution is 2.29. The topological polar surface area (TPSA) is 172 Å². The monoisotopic (exact) mass is 418 g/mol. The van der Waals surface area contributed by atoms with Gasteiger partial charge in [0.05, 0.1) is 28.7 Å². The largest absolute Gasteiger partial charge is 0.494 e. The molecule has 2 aromatic carbocycles. The molecule has 0 bridgehead atoms. The van der Waals surface area contributed by atoms with E-state index < -0.39 is 20.9 Å². The number of nitrogens with one attached hydrogen (secondary N) is 2. The molecule has 0 unspecified atom stereocenters. The van der Waals surface area contributed by atoms with Gasteiger partial charge in [-0.05, 0) is 30.3 Å². The highest BCUT2D eigenvalue weighted by molar-refractivity contribution is 7.85. The first-order valence-corrected chi connectivity index (χ1v) is 9.18. The predicted octanol–water partition coefficient (Wildman–Crippen LogP) is 2.31. The Bertz CT molecular complexity index is 1120. The molecule has 0 aromatic heterocycles. The van der Waals surface area contributed by atoms with Crippen LogP contribution in [-0.2, 0) is 14.9 Å². The molecule has 12 heteroatoms. The Kier molecular flexibility index (Phi) is 6.50. The van der Waals surface area contributed by atoms with Crippen molar-refractivity contribution >= 4 is 33.1 Å². The molecular weight excluding hydrogens is 404 g/mol. The number of methoxy groups -OCH3 is 1. The molecule has 2 rings (SSSR count). The van der Waals surface area contributed by atoms with Gasteiger partial charge < -0.3 is 15.4 Å². The van der Waals surface area contributed by atoms with Gasteiger partial charge in [-0.2, -0.15) is 13.7 Å². The Morgan fingerprint density at radius 3 is 2.45 bits per heavy atom. The fraction of sp³-hybridized carbons (Fsp3) is 0.0588. The smallest absolute Gasteiger partial charge is 0.294 e. The van der Waals surface area contributed by atoms with Crippen LogP contribution in [0.2, 0.25) is 0 Å². The molecule has 0 saturated heterocycles. The number of nitriles is 1. The van der Waals surface area contributed by atoms with Crippen LogP contribution < -0.4 is 15.4 Å². The Hall–Kier alpha value is -3.95. The number of nitro groups is 1. The third-order valence-corrected chi connectivity index (χ3v) is 4.41. The molecule has 1 amide bonds. The standard InChI is InChI=1S/C17H14N4O7S/c1-28-16-8-13(21(23)24)4-7-15(16)20-17(22)11(9-18)10-19-12-2-5-14(6-3-12)29(25,26)27/h2-8,10,19H,1H3,(H,20,22)(H,25,26,27)/b11-10-. The zero-order chi connectivity index (χ0) is 21.6. The summed E-state index contributed by atoms with van der Waals surface area (Å²) in [5.74, 6) is -0.764. The molecule has 29 heavy (non-hydrogen) atoms. The lowest BCUT2D eigenvalue weighted by atomic mass is 10.2. The van der Waals surface area contributed by atoms with E-state index in [0.29, 0.717) is 5.69 Å². The summed E-state index contributed by atoms with van der Waals surface area (Å²) in [4.78, 5) is 22.2. The maximum Gasteiger partial charge on any atom is 0.294 e. The lowest BCUT2D eigenvalue weighted by molar-refractivity contribution is -0.384. The summed E-state index contributed by atoms with van der Waals surface area (Å²) in [6.45, 7) is 0. The number of rotatable bonds is 7. The lowest BCUT2D eigenvalue weighted by Crippen LogP contribution is -2.15. The van der Waals surface area contributed by atoms with Gasteiger partial charge in [0.1, 0.15) is 17.4 Å². The average molecular weight is 418 g/mol. The van der Waals surface area contributed by atoms with Crippen LogP contribution in [0.3, 0.4) is 0 Å². The molecule has 0 aliphatic rings. The summed E-state index contributed by atoms with van der Waals surface area (Å²) < 4.78 is 36.0. The number of nitrogens with zero attached hydrogens (tertiary/aromatic N) is 2. The third kappa shape index (κ3) is 5.51. The van der Waals surface area contributed by atoms with Crippen molar-refractivity contribution in [3.8, 4) is 11.8 Å². The second-order valence-electron chi connectivity index (χ2n) is 5.41. The van der Waals surface area contributed by atoms with Gasteiger partial charge in [-0.25, -0.2) is 0 Å². The number of anilines is 2. The van der Waals surface area contributed by atoms with Crippen LogP contribution in [0.15, 0.2) is 59.1 Å². The number of ether oxygens (including phenoxy) is 1. The van der Waals surface area contributed by atoms with Crippen LogP contribution in [0.25, 0.3) is 0 Å². The Morgan fingerprint density at radius 1 is 1.28 bits per heavy atom. The van der Waals surface area contributed by atoms with Crippen molar-refractivity contribution in [2.75, 3.05) is 17.7 Å². The second-order valence-corrected chi connectivity index (χ2v) is 6.83. The zero-order valence-corrected chi connectivity index (χ0v) is 15.6. The van der Waals surface area contributed by atoms with E-state index in [9.17, 15) is 28.6 Å². The summed E-state index contributed by atoms with van der Waals surface area (Å²) in [5, 5.41) is 25.1. The van der Waals surface area contributed by atoms with Crippen molar-refractivity contribution in [2.45, 2.75) is 4.90 Å². The number of carbonyl (C=O) groups excluding carboxylic acids is 1. The first kappa shape index (κ1) is 21.4.